The van der Waals surface area contributed by atoms with E-state index in [0.29, 0.717) is 16.2 Å². The first kappa shape index (κ1) is 17.6. The van der Waals surface area contributed by atoms with Crippen molar-refractivity contribution >= 4 is 32.8 Å². The van der Waals surface area contributed by atoms with Crippen LogP contribution < -0.4 is 5.73 Å². The zero-order valence-corrected chi connectivity index (χ0v) is 16.9. The fourth-order valence-corrected chi connectivity index (χ4v) is 4.11. The lowest BCUT2D eigenvalue weighted by molar-refractivity contribution is 0.576. The minimum Gasteiger partial charge on any atom is -0.430 e. The van der Waals surface area contributed by atoms with Gasteiger partial charge in [-0.3, -0.25) is 0 Å². The summed E-state index contributed by atoms with van der Waals surface area (Å²) < 4.78 is 6.30. The number of nitrogens with zero attached hydrogens (tertiary/aromatic N) is 2. The van der Waals surface area contributed by atoms with Crippen LogP contribution in [-0.4, -0.2) is 9.97 Å². The molecule has 4 nitrogen and oxygen atoms in total. The van der Waals surface area contributed by atoms with Crippen LogP contribution in [0.5, 0.6) is 0 Å². The molecule has 0 aliphatic rings. The largest absolute Gasteiger partial charge is 0.430 e. The molecule has 3 aromatic carbocycles. The van der Waals surface area contributed by atoms with Crippen molar-refractivity contribution in [2.45, 2.75) is 0 Å². The maximum Gasteiger partial charge on any atom is 0.233 e. The second kappa shape index (κ2) is 7.18. The normalized spacial score (nSPS) is 11.1. The summed E-state index contributed by atoms with van der Waals surface area (Å²) in [5.41, 5.74) is 13.1. The van der Waals surface area contributed by atoms with Gasteiger partial charge in [0.05, 0.1) is 5.39 Å². The van der Waals surface area contributed by atoms with Crippen LogP contribution in [0, 0.1) is 0 Å². The number of furan rings is 1. The Hall–Kier alpha value is -3.44. The molecule has 0 fully saturated rings. The van der Waals surface area contributed by atoms with E-state index in [2.05, 4.69) is 98.7 Å². The first-order chi connectivity index (χ1) is 14.2. The molecule has 5 heteroatoms. The summed E-state index contributed by atoms with van der Waals surface area (Å²) in [6.45, 7) is 0. The summed E-state index contributed by atoms with van der Waals surface area (Å²) in [5.74, 6) is 0.402. The highest BCUT2D eigenvalue weighted by molar-refractivity contribution is 9.10. The molecule has 0 radical (unpaired) electrons. The SMILES string of the molecule is Nc1ncnc2oc(Br)c(-c3ccc(-c4cccc(-c5ccccc5)c4)cc3)c12. The molecule has 0 aliphatic carbocycles. The van der Waals surface area contributed by atoms with Crippen molar-refractivity contribution in [1.82, 2.24) is 9.97 Å². The summed E-state index contributed by atoms with van der Waals surface area (Å²) in [5, 5.41) is 0.721. The van der Waals surface area contributed by atoms with E-state index in [1.165, 1.54) is 17.5 Å². The van der Waals surface area contributed by atoms with Crippen LogP contribution in [0.4, 0.5) is 5.82 Å². The topological polar surface area (TPSA) is 64.9 Å². The van der Waals surface area contributed by atoms with Gasteiger partial charge in [0.15, 0.2) is 4.67 Å². The van der Waals surface area contributed by atoms with Gasteiger partial charge in [0, 0.05) is 5.56 Å². The third-order valence-electron chi connectivity index (χ3n) is 4.95. The van der Waals surface area contributed by atoms with Crippen molar-refractivity contribution in [1.29, 1.82) is 0 Å². The number of halogens is 1. The smallest absolute Gasteiger partial charge is 0.233 e. The van der Waals surface area contributed by atoms with Crippen molar-refractivity contribution < 1.29 is 4.42 Å². The minimum atomic E-state index is 0.402. The van der Waals surface area contributed by atoms with Crippen molar-refractivity contribution in [2.24, 2.45) is 0 Å². The monoisotopic (exact) mass is 441 g/mol. The lowest BCUT2D eigenvalue weighted by Crippen LogP contribution is -1.92. The second-order valence-corrected chi connectivity index (χ2v) is 7.43. The van der Waals surface area contributed by atoms with Gasteiger partial charge in [0.1, 0.15) is 12.1 Å². The van der Waals surface area contributed by atoms with Gasteiger partial charge in [-0.1, -0.05) is 72.8 Å². The summed E-state index contributed by atoms with van der Waals surface area (Å²) in [6, 6.07) is 27.3. The molecule has 0 atom stereocenters. The zero-order valence-electron chi connectivity index (χ0n) is 15.3. The molecule has 0 bridgehead atoms. The highest BCUT2D eigenvalue weighted by atomic mass is 79.9. The molecule has 2 heterocycles. The number of anilines is 1. The van der Waals surface area contributed by atoms with Crippen LogP contribution in [0.15, 0.2) is 94.3 Å². The van der Waals surface area contributed by atoms with Gasteiger partial charge in [-0.25, -0.2) is 9.97 Å². The summed E-state index contributed by atoms with van der Waals surface area (Å²) in [4.78, 5) is 8.26. The van der Waals surface area contributed by atoms with E-state index < -0.39 is 0 Å². The molecule has 0 saturated heterocycles. The van der Waals surface area contributed by atoms with Crippen molar-refractivity contribution in [3.8, 4) is 33.4 Å². The van der Waals surface area contributed by atoms with Crippen LogP contribution in [0.3, 0.4) is 0 Å². The highest BCUT2D eigenvalue weighted by Gasteiger charge is 2.18. The molecule has 0 saturated carbocycles. The zero-order chi connectivity index (χ0) is 19.8. The number of fused-ring (bicyclic) bond motifs is 1. The Bertz CT molecular complexity index is 1310. The first-order valence-corrected chi connectivity index (χ1v) is 9.95. The number of hydrogen-bond donors (Lipinski definition) is 1. The van der Waals surface area contributed by atoms with E-state index in [1.807, 2.05) is 6.07 Å². The molecule has 29 heavy (non-hydrogen) atoms. The lowest BCUT2D eigenvalue weighted by Gasteiger charge is -2.07. The Morgan fingerprint density at radius 3 is 2.03 bits per heavy atom. The van der Waals surface area contributed by atoms with Gasteiger partial charge in [-0.05, 0) is 49.8 Å². The van der Waals surface area contributed by atoms with Crippen LogP contribution in [0.25, 0.3) is 44.5 Å². The standard InChI is InChI=1S/C24H16BrN3O/c25-22-20(21-23(26)27-14-28-24(21)29-22)17-11-9-16(10-12-17)19-8-4-7-18(13-19)15-5-2-1-3-6-15/h1-14H,(H2,26,27,28). The molecular formula is C24H16BrN3O. The van der Waals surface area contributed by atoms with E-state index in [0.717, 1.165) is 27.6 Å². The first-order valence-electron chi connectivity index (χ1n) is 9.15. The fourth-order valence-electron chi connectivity index (χ4n) is 3.52. The van der Waals surface area contributed by atoms with Crippen molar-refractivity contribution in [3.63, 3.8) is 0 Å². The Labute approximate surface area is 176 Å². The van der Waals surface area contributed by atoms with Gasteiger partial charge < -0.3 is 10.2 Å². The average molecular weight is 442 g/mol. The molecular weight excluding hydrogens is 426 g/mol. The number of aromatic nitrogens is 2. The van der Waals surface area contributed by atoms with Crippen molar-refractivity contribution in [2.75, 3.05) is 5.73 Å². The van der Waals surface area contributed by atoms with Gasteiger partial charge in [-0.2, -0.15) is 0 Å². The van der Waals surface area contributed by atoms with Crippen LogP contribution >= 0.6 is 15.9 Å². The summed E-state index contributed by atoms with van der Waals surface area (Å²) in [6.07, 6.45) is 1.40. The molecule has 0 aliphatic heterocycles. The Balaban J connectivity index is 1.55. The van der Waals surface area contributed by atoms with Gasteiger partial charge in [-0.15, -0.1) is 0 Å². The molecule has 140 valence electrons. The summed E-state index contributed by atoms with van der Waals surface area (Å²) in [7, 11) is 0. The Morgan fingerprint density at radius 2 is 1.31 bits per heavy atom. The molecule has 2 aromatic heterocycles. The fraction of sp³-hybridized carbons (Fsp3) is 0. The molecule has 0 unspecified atom stereocenters. The molecule has 5 rings (SSSR count). The van der Waals surface area contributed by atoms with E-state index in [9.17, 15) is 0 Å². The number of nitrogen functional groups attached to an aromatic ring is 1. The maximum atomic E-state index is 6.07. The highest BCUT2D eigenvalue weighted by Crippen LogP contribution is 2.40. The lowest BCUT2D eigenvalue weighted by atomic mass is 9.97. The number of hydrogen-bond acceptors (Lipinski definition) is 4. The Morgan fingerprint density at radius 1 is 0.690 bits per heavy atom. The van der Waals surface area contributed by atoms with Gasteiger partial charge in [0.25, 0.3) is 0 Å². The van der Waals surface area contributed by atoms with Crippen LogP contribution in [0.1, 0.15) is 0 Å². The third-order valence-corrected chi connectivity index (χ3v) is 5.51. The van der Waals surface area contributed by atoms with Crippen molar-refractivity contribution in [3.05, 3.63) is 89.9 Å². The van der Waals surface area contributed by atoms with Gasteiger partial charge in [0.2, 0.25) is 5.71 Å². The van der Waals surface area contributed by atoms with E-state index in [-0.39, 0.29) is 0 Å². The Kier molecular flexibility index (Phi) is 4.37. The van der Waals surface area contributed by atoms with Crippen LogP contribution in [-0.2, 0) is 0 Å². The van der Waals surface area contributed by atoms with E-state index >= 15 is 0 Å². The molecule has 2 N–H and O–H groups in total. The molecule has 0 amide bonds. The number of rotatable bonds is 3. The molecule has 0 spiro atoms. The maximum absolute atomic E-state index is 6.07. The van der Waals surface area contributed by atoms with Crippen LogP contribution in [0.2, 0.25) is 0 Å². The minimum absolute atomic E-state index is 0.402. The van der Waals surface area contributed by atoms with E-state index in [1.54, 1.807) is 0 Å². The number of benzene rings is 3. The van der Waals surface area contributed by atoms with E-state index in [4.69, 9.17) is 10.2 Å². The predicted octanol–water partition coefficient (Wildman–Crippen LogP) is 6.57. The third kappa shape index (κ3) is 3.19. The molecule has 5 aromatic rings. The quantitative estimate of drug-likeness (QED) is 0.343. The van der Waals surface area contributed by atoms with Gasteiger partial charge >= 0.3 is 0 Å². The number of nitrogens with two attached hydrogens (primary N) is 1. The second-order valence-electron chi connectivity index (χ2n) is 6.71. The predicted molar refractivity (Wildman–Crippen MR) is 120 cm³/mol. The average Bonchev–Trinajstić information content (AvgIpc) is 3.12. The summed E-state index contributed by atoms with van der Waals surface area (Å²) >= 11 is 3.49.